The van der Waals surface area contributed by atoms with Gasteiger partial charge in [0.05, 0.1) is 20.2 Å². The summed E-state index contributed by atoms with van der Waals surface area (Å²) < 4.78 is 10.7. The maximum atomic E-state index is 12.2. The van der Waals surface area contributed by atoms with Gasteiger partial charge in [-0.15, -0.1) is 0 Å². The molecule has 0 spiro atoms. The molecule has 164 valence electrons. The van der Waals surface area contributed by atoms with Crippen molar-refractivity contribution >= 4 is 40.5 Å². The Balaban J connectivity index is 1.34. The number of methoxy groups -OCH3 is 1. The number of piperazine rings is 1. The summed E-state index contributed by atoms with van der Waals surface area (Å²) >= 11 is 4.80. The number of nitrogens with one attached hydrogen (secondary N) is 1. The van der Waals surface area contributed by atoms with E-state index in [-0.39, 0.29) is 17.3 Å². The minimum absolute atomic E-state index is 0.199. The molecule has 2 aliphatic rings. The summed E-state index contributed by atoms with van der Waals surface area (Å²) in [7, 11) is 1.69. The highest BCUT2D eigenvalue weighted by Crippen LogP contribution is 2.27. The monoisotopic (exact) mass is 441 g/mol. The van der Waals surface area contributed by atoms with Crippen molar-refractivity contribution in [1.29, 1.82) is 0 Å². The van der Waals surface area contributed by atoms with Gasteiger partial charge in [0.1, 0.15) is 11.9 Å². The van der Waals surface area contributed by atoms with E-state index < -0.39 is 0 Å². The number of thiocarbonyl (C=S) groups is 1. The highest BCUT2D eigenvalue weighted by atomic mass is 32.1. The molecule has 8 nitrogen and oxygen atoms in total. The Morgan fingerprint density at radius 3 is 2.39 bits per heavy atom. The van der Waals surface area contributed by atoms with E-state index in [4.69, 9.17) is 27.4 Å². The fourth-order valence-electron chi connectivity index (χ4n) is 3.93. The molecular formula is C22H27N5O3S. The van der Waals surface area contributed by atoms with E-state index in [0.29, 0.717) is 13.1 Å². The molecule has 4 rings (SSSR count). The van der Waals surface area contributed by atoms with Crippen molar-refractivity contribution in [3.63, 3.8) is 0 Å². The molecule has 1 atom stereocenters. The summed E-state index contributed by atoms with van der Waals surface area (Å²) in [5.74, 6) is 0.875. The number of ether oxygens (including phenoxy) is 2. The largest absolute Gasteiger partial charge is 0.497 e. The van der Waals surface area contributed by atoms with Gasteiger partial charge in [0.25, 0.3) is 0 Å². The Labute approximate surface area is 187 Å². The molecule has 2 aliphatic heterocycles. The minimum Gasteiger partial charge on any atom is -0.497 e. The lowest BCUT2D eigenvalue weighted by molar-refractivity contribution is 0.143. The number of nitrogens with zero attached hydrogens (tertiary/aromatic N) is 3. The van der Waals surface area contributed by atoms with Crippen molar-refractivity contribution in [3.05, 3.63) is 48.5 Å². The van der Waals surface area contributed by atoms with Crippen molar-refractivity contribution in [2.24, 2.45) is 5.73 Å². The summed E-state index contributed by atoms with van der Waals surface area (Å²) in [4.78, 5) is 18.6. The van der Waals surface area contributed by atoms with Gasteiger partial charge in [-0.1, -0.05) is 6.07 Å². The molecular weight excluding hydrogens is 414 g/mol. The Hall–Kier alpha value is -3.20. The van der Waals surface area contributed by atoms with Gasteiger partial charge in [-0.2, -0.15) is 0 Å². The van der Waals surface area contributed by atoms with E-state index in [1.165, 1.54) is 5.69 Å². The van der Waals surface area contributed by atoms with Crippen LogP contribution in [0.2, 0.25) is 0 Å². The van der Waals surface area contributed by atoms with Crippen LogP contribution in [0.3, 0.4) is 0 Å². The van der Waals surface area contributed by atoms with Gasteiger partial charge < -0.3 is 30.3 Å². The number of amides is 1. The second kappa shape index (κ2) is 9.30. The van der Waals surface area contributed by atoms with Crippen molar-refractivity contribution < 1.29 is 14.3 Å². The zero-order valence-corrected chi connectivity index (χ0v) is 18.3. The van der Waals surface area contributed by atoms with Crippen LogP contribution in [0, 0.1) is 0 Å². The fraction of sp³-hybridized carbons (Fsp3) is 0.364. The number of carbonyl (C=O) groups is 1. The summed E-state index contributed by atoms with van der Waals surface area (Å²) in [6, 6.07) is 16.2. The molecule has 9 heteroatoms. The lowest BCUT2D eigenvalue weighted by atomic mass is 10.2. The number of nitrogens with two attached hydrogens (primary N) is 1. The van der Waals surface area contributed by atoms with Crippen LogP contribution in [0.5, 0.6) is 5.75 Å². The van der Waals surface area contributed by atoms with Gasteiger partial charge >= 0.3 is 6.09 Å². The molecule has 3 N–H and O–H groups in total. The Bertz CT molecular complexity index is 931. The zero-order chi connectivity index (χ0) is 21.8. The van der Waals surface area contributed by atoms with Crippen LogP contribution >= 0.6 is 12.2 Å². The van der Waals surface area contributed by atoms with Crippen LogP contribution in [0.1, 0.15) is 0 Å². The molecule has 2 aromatic rings. The Kier molecular flexibility index (Phi) is 6.31. The van der Waals surface area contributed by atoms with Crippen LogP contribution in [-0.2, 0) is 4.74 Å². The number of benzene rings is 2. The number of hydrogen-bond acceptors (Lipinski definition) is 6. The van der Waals surface area contributed by atoms with Crippen LogP contribution in [0.25, 0.3) is 0 Å². The van der Waals surface area contributed by atoms with Gasteiger partial charge in [-0.25, -0.2) is 4.79 Å². The van der Waals surface area contributed by atoms with Crippen LogP contribution in [0.15, 0.2) is 48.5 Å². The fourth-order valence-corrected chi connectivity index (χ4v) is 4.01. The van der Waals surface area contributed by atoms with Crippen molar-refractivity contribution in [2.75, 3.05) is 61.1 Å². The lowest BCUT2D eigenvalue weighted by Crippen LogP contribution is -2.46. The summed E-state index contributed by atoms with van der Waals surface area (Å²) in [5, 5.41) is 3.04. The quantitative estimate of drug-likeness (QED) is 0.660. The third-order valence-corrected chi connectivity index (χ3v) is 5.75. The van der Waals surface area contributed by atoms with Crippen LogP contribution in [0.4, 0.5) is 21.9 Å². The molecule has 0 aromatic heterocycles. The van der Waals surface area contributed by atoms with Gasteiger partial charge in [0, 0.05) is 49.3 Å². The normalized spacial score (nSPS) is 18.7. The highest BCUT2D eigenvalue weighted by Gasteiger charge is 2.32. The van der Waals surface area contributed by atoms with Crippen LogP contribution < -0.4 is 30.5 Å². The smallest absolute Gasteiger partial charge is 0.414 e. The van der Waals surface area contributed by atoms with E-state index in [0.717, 1.165) is 43.3 Å². The standard InChI is InChI=1S/C22H27N5O3S/c1-29-19-4-2-3-18(13-19)26-11-9-25(10-12-26)16-5-7-17(8-6-16)27-15-20(30-22(27)28)14-24-21(23)31/h2-8,13,20H,9-12,14-15H2,1H3,(H3,23,24,31)/t20-/m0/s1. The van der Waals surface area contributed by atoms with Crippen LogP contribution in [-0.4, -0.2) is 63.7 Å². The SMILES string of the molecule is COc1cccc(N2CCN(c3ccc(N4C[C@H](CNC(N)=S)OC4=O)cc3)CC2)c1. The molecule has 2 aromatic carbocycles. The molecule has 2 saturated heterocycles. The maximum Gasteiger partial charge on any atom is 0.414 e. The van der Waals surface area contributed by atoms with Gasteiger partial charge in [0.2, 0.25) is 0 Å². The minimum atomic E-state index is -0.352. The average Bonchev–Trinajstić information content (AvgIpc) is 3.18. The maximum absolute atomic E-state index is 12.2. The molecule has 31 heavy (non-hydrogen) atoms. The first kappa shape index (κ1) is 21.0. The summed E-state index contributed by atoms with van der Waals surface area (Å²) in [6.07, 6.45) is -0.632. The van der Waals surface area contributed by atoms with Crippen molar-refractivity contribution in [2.45, 2.75) is 6.10 Å². The molecule has 0 unspecified atom stereocenters. The summed E-state index contributed by atoms with van der Waals surface area (Å²) in [6.45, 7) is 4.60. The molecule has 0 saturated carbocycles. The van der Waals surface area contributed by atoms with Crippen molar-refractivity contribution in [1.82, 2.24) is 5.32 Å². The second-order valence-electron chi connectivity index (χ2n) is 7.55. The Morgan fingerprint density at radius 2 is 1.74 bits per heavy atom. The highest BCUT2D eigenvalue weighted by molar-refractivity contribution is 7.80. The van der Waals surface area contributed by atoms with E-state index in [9.17, 15) is 4.79 Å². The van der Waals surface area contributed by atoms with Gasteiger partial charge in [-0.05, 0) is 48.6 Å². The molecule has 0 bridgehead atoms. The third-order valence-electron chi connectivity index (χ3n) is 5.60. The predicted molar refractivity (Wildman–Crippen MR) is 126 cm³/mol. The topological polar surface area (TPSA) is 83.3 Å². The third kappa shape index (κ3) is 4.93. The molecule has 0 radical (unpaired) electrons. The first-order valence-corrected chi connectivity index (χ1v) is 10.7. The average molecular weight is 442 g/mol. The second-order valence-corrected chi connectivity index (χ2v) is 7.99. The molecule has 0 aliphatic carbocycles. The first-order chi connectivity index (χ1) is 15.0. The number of cyclic esters (lactones) is 1. The van der Waals surface area contributed by atoms with E-state index in [1.54, 1.807) is 12.0 Å². The lowest BCUT2D eigenvalue weighted by Gasteiger charge is -2.37. The molecule has 1 amide bonds. The number of hydrogen-bond donors (Lipinski definition) is 2. The van der Waals surface area contributed by atoms with Gasteiger partial charge in [-0.3, -0.25) is 4.90 Å². The first-order valence-electron chi connectivity index (χ1n) is 10.3. The van der Waals surface area contributed by atoms with E-state index in [2.05, 4.69) is 39.4 Å². The zero-order valence-electron chi connectivity index (χ0n) is 17.5. The van der Waals surface area contributed by atoms with Crippen molar-refractivity contribution in [3.8, 4) is 5.75 Å². The number of rotatable bonds is 6. The molecule has 2 heterocycles. The van der Waals surface area contributed by atoms with E-state index in [1.807, 2.05) is 24.3 Å². The number of anilines is 3. The van der Waals surface area contributed by atoms with E-state index >= 15 is 0 Å². The predicted octanol–water partition coefficient (Wildman–Crippen LogP) is 2.18. The Morgan fingerprint density at radius 1 is 1.10 bits per heavy atom. The molecule has 2 fully saturated rings. The number of carbonyl (C=O) groups excluding carboxylic acids is 1. The summed E-state index contributed by atoms with van der Waals surface area (Å²) in [5.41, 5.74) is 8.60. The van der Waals surface area contributed by atoms with Gasteiger partial charge in [0.15, 0.2) is 5.11 Å².